The summed E-state index contributed by atoms with van der Waals surface area (Å²) in [6, 6.07) is 1.49. The average Bonchev–Trinajstić information content (AvgIpc) is 3.07. The molecule has 1 aliphatic carbocycles. The molecule has 0 saturated heterocycles. The number of halogens is 3. The first-order valence-electron chi connectivity index (χ1n) is 8.11. The van der Waals surface area contributed by atoms with Gasteiger partial charge in [-0.3, -0.25) is 4.79 Å². The van der Waals surface area contributed by atoms with Gasteiger partial charge < -0.3 is 14.6 Å². The Morgan fingerprint density at radius 2 is 1.92 bits per heavy atom. The summed E-state index contributed by atoms with van der Waals surface area (Å²) in [7, 11) is 0. The van der Waals surface area contributed by atoms with Gasteiger partial charge in [0.15, 0.2) is 0 Å². The number of rotatable bonds is 4. The molecule has 136 valence electrons. The Hall–Kier alpha value is -2.16. The maximum atomic E-state index is 12.7. The number of aromatic nitrogens is 3. The predicted octanol–water partition coefficient (Wildman–Crippen LogP) is 2.78. The van der Waals surface area contributed by atoms with E-state index in [0.29, 0.717) is 12.0 Å². The van der Waals surface area contributed by atoms with E-state index in [2.05, 4.69) is 19.6 Å². The maximum absolute atomic E-state index is 12.7. The van der Waals surface area contributed by atoms with E-state index in [1.165, 1.54) is 12.3 Å². The molecular formula is C16H18F3N3O3. The van der Waals surface area contributed by atoms with Crippen molar-refractivity contribution in [3.8, 4) is 11.4 Å². The molecule has 3 rings (SSSR count). The minimum Gasteiger partial charge on any atom is -0.396 e. The van der Waals surface area contributed by atoms with Gasteiger partial charge >= 0.3 is 12.1 Å². The van der Waals surface area contributed by atoms with Crippen LogP contribution in [-0.2, 0) is 12.6 Å². The van der Waals surface area contributed by atoms with Crippen molar-refractivity contribution in [2.24, 2.45) is 11.8 Å². The van der Waals surface area contributed by atoms with E-state index >= 15 is 0 Å². The van der Waals surface area contributed by atoms with Gasteiger partial charge in [-0.05, 0) is 50.0 Å². The molecule has 2 aromatic heterocycles. The molecule has 2 heterocycles. The Morgan fingerprint density at radius 1 is 1.24 bits per heavy atom. The van der Waals surface area contributed by atoms with Crippen molar-refractivity contribution in [2.45, 2.75) is 38.3 Å². The number of nitrogens with zero attached hydrogens (tertiary/aromatic N) is 2. The zero-order valence-electron chi connectivity index (χ0n) is 13.3. The third kappa shape index (κ3) is 3.92. The molecule has 0 aromatic carbocycles. The number of hydrogen-bond donors (Lipinski definition) is 2. The van der Waals surface area contributed by atoms with Crippen molar-refractivity contribution >= 4 is 0 Å². The van der Waals surface area contributed by atoms with Crippen molar-refractivity contribution in [2.75, 3.05) is 6.61 Å². The van der Waals surface area contributed by atoms with Crippen LogP contribution in [0.2, 0.25) is 0 Å². The topological polar surface area (TPSA) is 92.0 Å². The largest absolute Gasteiger partial charge is 0.471 e. The number of aliphatic hydroxyl groups is 1. The highest BCUT2D eigenvalue weighted by Crippen LogP contribution is 2.33. The number of H-pyrrole nitrogens is 1. The van der Waals surface area contributed by atoms with Crippen LogP contribution in [0.15, 0.2) is 21.6 Å². The van der Waals surface area contributed by atoms with E-state index in [0.717, 1.165) is 25.7 Å². The van der Waals surface area contributed by atoms with Gasteiger partial charge in [-0.25, -0.2) is 0 Å². The van der Waals surface area contributed by atoms with Gasteiger partial charge in [0.25, 0.3) is 5.56 Å². The van der Waals surface area contributed by atoms with Crippen LogP contribution in [0.25, 0.3) is 11.4 Å². The highest BCUT2D eigenvalue weighted by Gasteiger charge is 2.38. The summed E-state index contributed by atoms with van der Waals surface area (Å²) in [4.78, 5) is 18.1. The first-order chi connectivity index (χ1) is 11.9. The summed E-state index contributed by atoms with van der Waals surface area (Å²) in [6.45, 7) is 0.160. The quantitative estimate of drug-likeness (QED) is 0.878. The summed E-state index contributed by atoms with van der Waals surface area (Å²) < 4.78 is 42.2. The molecule has 25 heavy (non-hydrogen) atoms. The van der Waals surface area contributed by atoms with Crippen LogP contribution in [0.3, 0.4) is 0 Å². The summed E-state index contributed by atoms with van der Waals surface area (Å²) in [6.07, 6.45) is 0.531. The van der Waals surface area contributed by atoms with Gasteiger partial charge in [0.1, 0.15) is 0 Å². The van der Waals surface area contributed by atoms with Crippen LogP contribution < -0.4 is 5.56 Å². The fourth-order valence-corrected chi connectivity index (χ4v) is 3.28. The molecule has 2 aromatic rings. The highest BCUT2D eigenvalue weighted by atomic mass is 19.4. The van der Waals surface area contributed by atoms with Gasteiger partial charge in [0.2, 0.25) is 5.82 Å². The summed E-state index contributed by atoms with van der Waals surface area (Å²) in [5, 5.41) is 12.6. The summed E-state index contributed by atoms with van der Waals surface area (Å²) >= 11 is 0. The Bertz CT molecular complexity index is 777. The second kappa shape index (κ2) is 6.99. The molecule has 1 aliphatic rings. The van der Waals surface area contributed by atoms with Crippen molar-refractivity contribution in [1.82, 2.24) is 15.1 Å². The zero-order chi connectivity index (χ0) is 18.0. The summed E-state index contributed by atoms with van der Waals surface area (Å²) in [5.74, 6) is -1.15. The number of alkyl halides is 3. The first kappa shape index (κ1) is 17.7. The smallest absolute Gasteiger partial charge is 0.396 e. The minimum absolute atomic E-state index is 0.160. The van der Waals surface area contributed by atoms with Crippen LogP contribution in [0.4, 0.5) is 13.2 Å². The highest BCUT2D eigenvalue weighted by molar-refractivity contribution is 5.58. The lowest BCUT2D eigenvalue weighted by molar-refractivity contribution is -0.159. The van der Waals surface area contributed by atoms with Crippen LogP contribution in [0.5, 0.6) is 0 Å². The molecule has 6 nitrogen and oxygen atoms in total. The van der Waals surface area contributed by atoms with E-state index in [-0.39, 0.29) is 35.4 Å². The Morgan fingerprint density at radius 3 is 2.52 bits per heavy atom. The molecule has 1 saturated carbocycles. The Balaban J connectivity index is 1.86. The SMILES string of the molecule is O=c1[nH]ccc(-c2noc(C(F)(F)F)n2)c1C[C@H]1CC[C@H](CO)CC1. The lowest BCUT2D eigenvalue weighted by Gasteiger charge is -2.27. The van der Waals surface area contributed by atoms with Crippen LogP contribution in [-0.4, -0.2) is 26.8 Å². The molecule has 0 bridgehead atoms. The number of hydrogen-bond acceptors (Lipinski definition) is 5. The fraction of sp³-hybridized carbons (Fsp3) is 0.562. The van der Waals surface area contributed by atoms with Gasteiger partial charge in [-0.1, -0.05) is 5.16 Å². The monoisotopic (exact) mass is 357 g/mol. The number of aliphatic hydroxyl groups excluding tert-OH is 1. The van der Waals surface area contributed by atoms with Gasteiger partial charge in [-0.15, -0.1) is 0 Å². The molecule has 0 spiro atoms. The Kier molecular flexibility index (Phi) is 4.94. The fourth-order valence-electron chi connectivity index (χ4n) is 3.28. The predicted molar refractivity (Wildman–Crippen MR) is 81.6 cm³/mol. The van der Waals surface area contributed by atoms with Crippen LogP contribution >= 0.6 is 0 Å². The lowest BCUT2D eigenvalue weighted by Crippen LogP contribution is -2.22. The van der Waals surface area contributed by atoms with Crippen molar-refractivity contribution in [1.29, 1.82) is 0 Å². The second-order valence-electron chi connectivity index (χ2n) is 6.39. The molecule has 0 radical (unpaired) electrons. The lowest BCUT2D eigenvalue weighted by atomic mass is 9.79. The molecule has 1 fully saturated rings. The van der Waals surface area contributed by atoms with Crippen molar-refractivity contribution < 1.29 is 22.8 Å². The molecular weight excluding hydrogens is 339 g/mol. The van der Waals surface area contributed by atoms with Gasteiger partial charge in [-0.2, -0.15) is 18.2 Å². The van der Waals surface area contributed by atoms with Gasteiger partial charge in [0, 0.05) is 23.9 Å². The number of aromatic amines is 1. The van der Waals surface area contributed by atoms with E-state index < -0.39 is 12.1 Å². The molecule has 2 N–H and O–H groups in total. The average molecular weight is 357 g/mol. The third-order valence-electron chi connectivity index (χ3n) is 4.69. The van der Waals surface area contributed by atoms with E-state index in [1.54, 1.807) is 0 Å². The molecule has 0 amide bonds. The molecule has 9 heteroatoms. The van der Waals surface area contributed by atoms with E-state index in [1.807, 2.05) is 0 Å². The number of pyridine rings is 1. The first-order valence-corrected chi connectivity index (χ1v) is 8.11. The zero-order valence-corrected chi connectivity index (χ0v) is 13.3. The minimum atomic E-state index is -4.73. The Labute approximate surface area is 141 Å². The normalized spacial score (nSPS) is 21.4. The van der Waals surface area contributed by atoms with E-state index in [4.69, 9.17) is 0 Å². The van der Waals surface area contributed by atoms with Crippen LogP contribution in [0, 0.1) is 11.8 Å². The van der Waals surface area contributed by atoms with E-state index in [9.17, 15) is 23.1 Å². The third-order valence-corrected chi connectivity index (χ3v) is 4.69. The molecule has 0 atom stereocenters. The number of nitrogens with one attached hydrogen (secondary N) is 1. The maximum Gasteiger partial charge on any atom is 0.471 e. The summed E-state index contributed by atoms with van der Waals surface area (Å²) in [5.41, 5.74) is 0.261. The van der Waals surface area contributed by atoms with Crippen molar-refractivity contribution in [3.05, 3.63) is 34.1 Å². The standard InChI is InChI=1S/C16H18F3N3O3/c17-16(18,19)15-21-13(22-25-15)11-5-6-20-14(24)12(11)7-9-1-3-10(8-23)4-2-9/h5-6,9-10,23H,1-4,7-8H2,(H,20,24)/t9-,10-. The molecule has 0 unspecified atom stereocenters. The van der Waals surface area contributed by atoms with Gasteiger partial charge in [0.05, 0.1) is 0 Å². The van der Waals surface area contributed by atoms with Crippen LogP contribution in [0.1, 0.15) is 37.1 Å². The molecule has 0 aliphatic heterocycles. The second-order valence-corrected chi connectivity index (χ2v) is 6.39. The van der Waals surface area contributed by atoms with Crippen molar-refractivity contribution in [3.63, 3.8) is 0 Å².